The van der Waals surface area contributed by atoms with Gasteiger partial charge in [0.1, 0.15) is 0 Å². The van der Waals surface area contributed by atoms with Crippen molar-refractivity contribution in [1.82, 2.24) is 20.4 Å². The zero-order valence-corrected chi connectivity index (χ0v) is 14.0. The molecular weight excluding hydrogens is 335 g/mol. The fourth-order valence-electron chi connectivity index (χ4n) is 2.32. The molecule has 0 fully saturated rings. The van der Waals surface area contributed by atoms with Crippen LogP contribution >= 0.6 is 24.0 Å². The number of hydrogen-bond acceptors (Lipinski definition) is 3. The molecule has 0 aliphatic carbocycles. The minimum absolute atomic E-state index is 0. The van der Waals surface area contributed by atoms with Gasteiger partial charge in [0.05, 0.1) is 5.69 Å². The van der Waals surface area contributed by atoms with Crippen LogP contribution in [0.25, 0.3) is 5.69 Å². The van der Waals surface area contributed by atoms with Crippen LogP contribution in [0.1, 0.15) is 16.9 Å². The van der Waals surface area contributed by atoms with Crippen molar-refractivity contribution in [3.63, 3.8) is 0 Å². The predicted octanol–water partition coefficient (Wildman–Crippen LogP) is 2.60. The van der Waals surface area contributed by atoms with Crippen molar-refractivity contribution in [2.45, 2.75) is 6.42 Å². The first-order chi connectivity index (χ1) is 10.7. The first-order valence-electron chi connectivity index (χ1n) is 7.21. The quantitative estimate of drug-likeness (QED) is 0.831. The molecule has 7 heteroatoms. The van der Waals surface area contributed by atoms with E-state index in [4.69, 9.17) is 11.6 Å². The molecule has 122 valence electrons. The van der Waals surface area contributed by atoms with Crippen molar-refractivity contribution in [2.24, 2.45) is 0 Å². The Morgan fingerprint density at radius 1 is 1.39 bits per heavy atom. The predicted molar refractivity (Wildman–Crippen MR) is 93.7 cm³/mol. The molecule has 23 heavy (non-hydrogen) atoms. The molecule has 0 saturated heterocycles. The largest absolute Gasteiger partial charge is 0.347 e. The van der Waals surface area contributed by atoms with E-state index in [1.807, 2.05) is 12.1 Å². The van der Waals surface area contributed by atoms with Gasteiger partial charge in [-0.15, -0.1) is 12.4 Å². The Morgan fingerprint density at radius 3 is 3.00 bits per heavy atom. The molecule has 5 nitrogen and oxygen atoms in total. The lowest BCUT2D eigenvalue weighted by Gasteiger charge is -2.14. The lowest BCUT2D eigenvalue weighted by atomic mass is 10.1. The number of aromatic nitrogens is 2. The summed E-state index contributed by atoms with van der Waals surface area (Å²) in [4.78, 5) is 12.1. The van der Waals surface area contributed by atoms with Crippen LogP contribution in [0.4, 0.5) is 0 Å². The van der Waals surface area contributed by atoms with Crippen LogP contribution in [0, 0.1) is 0 Å². The molecule has 1 aliphatic rings. The molecule has 2 aromatic rings. The Bertz CT molecular complexity index is 712. The lowest BCUT2D eigenvalue weighted by Crippen LogP contribution is -2.29. The van der Waals surface area contributed by atoms with Crippen molar-refractivity contribution in [1.29, 1.82) is 0 Å². The van der Waals surface area contributed by atoms with E-state index >= 15 is 0 Å². The summed E-state index contributed by atoms with van der Waals surface area (Å²) in [6.07, 6.45) is 4.84. The standard InChI is InChI=1S/C16H17ClN4O.ClH/c17-13-2-1-3-14(10-13)21-9-6-15(20-21)16(22)19-11-12-4-7-18-8-5-12;/h1-4,6,9-10,18H,5,7-8,11H2,(H,19,22);1H. The van der Waals surface area contributed by atoms with E-state index in [-0.39, 0.29) is 18.3 Å². The van der Waals surface area contributed by atoms with Crippen molar-refractivity contribution in [2.75, 3.05) is 19.6 Å². The zero-order valence-electron chi connectivity index (χ0n) is 12.5. The summed E-state index contributed by atoms with van der Waals surface area (Å²) in [6, 6.07) is 9.04. The maximum absolute atomic E-state index is 12.1. The average molecular weight is 353 g/mol. The number of benzene rings is 1. The molecule has 3 rings (SSSR count). The van der Waals surface area contributed by atoms with Crippen LogP contribution in [-0.2, 0) is 0 Å². The van der Waals surface area contributed by atoms with Gasteiger partial charge in [-0.3, -0.25) is 4.79 Å². The molecule has 0 unspecified atom stereocenters. The molecule has 1 aromatic heterocycles. The molecule has 0 saturated carbocycles. The van der Waals surface area contributed by atoms with Gasteiger partial charge in [0.2, 0.25) is 0 Å². The first kappa shape index (κ1) is 17.5. The highest BCUT2D eigenvalue weighted by Crippen LogP contribution is 2.14. The number of carbonyl (C=O) groups excluding carboxylic acids is 1. The van der Waals surface area contributed by atoms with Crippen LogP contribution < -0.4 is 10.6 Å². The average Bonchev–Trinajstić information content (AvgIpc) is 3.04. The molecule has 0 atom stereocenters. The Kier molecular flexibility index (Phi) is 6.21. The van der Waals surface area contributed by atoms with Gasteiger partial charge in [-0.05, 0) is 37.2 Å². The third-order valence-corrected chi connectivity index (χ3v) is 3.76. The molecular formula is C16H18Cl2N4O. The second kappa shape index (κ2) is 8.15. The summed E-state index contributed by atoms with van der Waals surface area (Å²) >= 11 is 5.97. The van der Waals surface area contributed by atoms with E-state index < -0.39 is 0 Å². The van der Waals surface area contributed by atoms with Crippen LogP contribution in [0.5, 0.6) is 0 Å². The van der Waals surface area contributed by atoms with E-state index in [0.717, 1.165) is 25.2 Å². The molecule has 1 aliphatic heterocycles. The highest BCUT2D eigenvalue weighted by Gasteiger charge is 2.11. The van der Waals surface area contributed by atoms with Gasteiger partial charge in [-0.1, -0.05) is 29.3 Å². The van der Waals surface area contributed by atoms with E-state index in [0.29, 0.717) is 17.3 Å². The van der Waals surface area contributed by atoms with Crippen molar-refractivity contribution in [3.8, 4) is 5.69 Å². The fourth-order valence-corrected chi connectivity index (χ4v) is 2.51. The van der Waals surface area contributed by atoms with Crippen LogP contribution in [0.15, 0.2) is 48.2 Å². The molecule has 1 aromatic carbocycles. The van der Waals surface area contributed by atoms with Gasteiger partial charge >= 0.3 is 0 Å². The summed E-state index contributed by atoms with van der Waals surface area (Å²) in [5.41, 5.74) is 2.48. The monoisotopic (exact) mass is 352 g/mol. The third-order valence-electron chi connectivity index (χ3n) is 3.53. The Balaban J connectivity index is 0.00000192. The number of halogens is 2. The van der Waals surface area contributed by atoms with Gasteiger partial charge in [-0.2, -0.15) is 5.10 Å². The number of nitrogens with zero attached hydrogens (tertiary/aromatic N) is 2. The smallest absolute Gasteiger partial charge is 0.272 e. The number of rotatable bonds is 4. The maximum atomic E-state index is 12.1. The maximum Gasteiger partial charge on any atom is 0.272 e. The SMILES string of the molecule is Cl.O=C(NCC1=CCNCC1)c1ccn(-c2cccc(Cl)c2)n1. The number of nitrogens with one attached hydrogen (secondary N) is 2. The summed E-state index contributed by atoms with van der Waals surface area (Å²) < 4.78 is 1.64. The Morgan fingerprint density at radius 2 is 2.26 bits per heavy atom. The third kappa shape index (κ3) is 4.58. The fraction of sp³-hybridized carbons (Fsp3) is 0.250. The van der Waals surface area contributed by atoms with E-state index in [9.17, 15) is 4.79 Å². The molecule has 2 heterocycles. The second-order valence-electron chi connectivity index (χ2n) is 5.12. The zero-order chi connectivity index (χ0) is 15.4. The van der Waals surface area contributed by atoms with Crippen LogP contribution in [0.3, 0.4) is 0 Å². The van der Waals surface area contributed by atoms with Gasteiger partial charge in [0.15, 0.2) is 5.69 Å². The van der Waals surface area contributed by atoms with E-state index in [1.165, 1.54) is 5.57 Å². The minimum atomic E-state index is -0.166. The Hall–Kier alpha value is -1.82. The van der Waals surface area contributed by atoms with E-state index in [1.54, 1.807) is 29.1 Å². The molecule has 1 amide bonds. The molecule has 0 radical (unpaired) electrons. The highest BCUT2D eigenvalue weighted by molar-refractivity contribution is 6.30. The van der Waals surface area contributed by atoms with Gasteiger partial charge in [0.25, 0.3) is 5.91 Å². The molecule has 0 spiro atoms. The molecule has 2 N–H and O–H groups in total. The summed E-state index contributed by atoms with van der Waals surface area (Å²) in [5.74, 6) is -0.166. The van der Waals surface area contributed by atoms with Gasteiger partial charge in [0, 0.05) is 24.3 Å². The minimum Gasteiger partial charge on any atom is -0.347 e. The van der Waals surface area contributed by atoms with Crippen molar-refractivity contribution < 1.29 is 4.79 Å². The first-order valence-corrected chi connectivity index (χ1v) is 7.58. The van der Waals surface area contributed by atoms with Gasteiger partial charge in [-0.25, -0.2) is 4.68 Å². The number of hydrogen-bond donors (Lipinski definition) is 2. The summed E-state index contributed by atoms with van der Waals surface area (Å²) in [7, 11) is 0. The lowest BCUT2D eigenvalue weighted by molar-refractivity contribution is 0.0951. The molecule has 0 bridgehead atoms. The second-order valence-corrected chi connectivity index (χ2v) is 5.56. The number of carbonyl (C=O) groups is 1. The van der Waals surface area contributed by atoms with Crippen LogP contribution in [-0.4, -0.2) is 35.3 Å². The highest BCUT2D eigenvalue weighted by atomic mass is 35.5. The normalized spacial score (nSPS) is 13.9. The van der Waals surface area contributed by atoms with Gasteiger partial charge < -0.3 is 10.6 Å². The van der Waals surface area contributed by atoms with Crippen molar-refractivity contribution >= 4 is 29.9 Å². The summed E-state index contributed by atoms with van der Waals surface area (Å²) in [5, 5.41) is 11.1. The van der Waals surface area contributed by atoms with Crippen molar-refractivity contribution in [3.05, 3.63) is 58.9 Å². The van der Waals surface area contributed by atoms with Crippen LogP contribution in [0.2, 0.25) is 5.02 Å². The van der Waals surface area contributed by atoms with E-state index in [2.05, 4.69) is 21.8 Å². The number of amides is 1. The topological polar surface area (TPSA) is 59.0 Å². The Labute approximate surface area is 146 Å². The summed E-state index contributed by atoms with van der Waals surface area (Å²) in [6.45, 7) is 2.41.